The maximum absolute atomic E-state index is 10.6. The molecule has 2 rings (SSSR count). The van der Waals surface area contributed by atoms with E-state index in [2.05, 4.69) is 0 Å². The summed E-state index contributed by atoms with van der Waals surface area (Å²) >= 11 is 0. The van der Waals surface area contributed by atoms with E-state index >= 15 is 0 Å². The molecule has 2 aromatic carbocycles. The number of rotatable bonds is 4. The van der Waals surface area contributed by atoms with Crippen LogP contribution >= 0.6 is 0 Å². The molecule has 0 saturated heterocycles. The van der Waals surface area contributed by atoms with E-state index in [1.54, 1.807) is 60.9 Å². The molecule has 8 heteroatoms. The summed E-state index contributed by atoms with van der Waals surface area (Å²) in [5.74, 6) is -1.11. The van der Waals surface area contributed by atoms with Crippen LogP contribution in [-0.4, -0.2) is 29.3 Å². The lowest BCUT2D eigenvalue weighted by Gasteiger charge is -2.08. The van der Waals surface area contributed by atoms with Gasteiger partial charge in [-0.2, -0.15) is 13.9 Å². The van der Waals surface area contributed by atoms with Crippen molar-refractivity contribution in [2.24, 2.45) is 0 Å². The lowest BCUT2D eigenvalue weighted by atomic mass is 10.1. The maximum atomic E-state index is 10.6. The number of carboxylic acid groups (broad SMARTS) is 1. The molecule has 0 aliphatic carbocycles. The second-order valence-corrected chi connectivity index (χ2v) is 5.94. The highest BCUT2D eigenvalue weighted by Crippen LogP contribution is 2.12. The van der Waals surface area contributed by atoms with Crippen molar-refractivity contribution in [3.05, 3.63) is 65.7 Å². The van der Waals surface area contributed by atoms with Crippen molar-refractivity contribution in [1.82, 2.24) is 5.48 Å². The third-order valence-electron chi connectivity index (χ3n) is 2.88. The highest BCUT2D eigenvalue weighted by Gasteiger charge is 2.17. The van der Waals surface area contributed by atoms with Crippen molar-refractivity contribution in [3.8, 4) is 0 Å². The number of carbonyl (C=O) groups is 1. The van der Waals surface area contributed by atoms with E-state index in [-0.39, 0.29) is 4.90 Å². The summed E-state index contributed by atoms with van der Waals surface area (Å²) in [6.45, 7) is 1.63. The van der Waals surface area contributed by atoms with E-state index in [4.69, 9.17) is 14.9 Å². The molecule has 0 saturated carbocycles. The van der Waals surface area contributed by atoms with Crippen LogP contribution in [0.15, 0.2) is 59.5 Å². The quantitative estimate of drug-likeness (QED) is 0.496. The zero-order valence-electron chi connectivity index (χ0n) is 12.2. The molecule has 0 radical (unpaired) electrons. The molecule has 1 atom stereocenters. The molecule has 0 amide bonds. The fraction of sp³-hybridized carbons (Fsp3) is 0.133. The van der Waals surface area contributed by atoms with Gasteiger partial charge >= 0.3 is 5.97 Å². The molecule has 0 heterocycles. The van der Waals surface area contributed by atoms with Crippen LogP contribution in [0, 0.1) is 6.92 Å². The van der Waals surface area contributed by atoms with Gasteiger partial charge in [0.1, 0.15) is 0 Å². The highest BCUT2D eigenvalue weighted by molar-refractivity contribution is 7.85. The van der Waals surface area contributed by atoms with E-state index in [1.807, 2.05) is 0 Å². The number of hydroxylamine groups is 1. The minimum absolute atomic E-state index is 0.0278. The van der Waals surface area contributed by atoms with Crippen LogP contribution in [0.2, 0.25) is 0 Å². The largest absolute Gasteiger partial charge is 0.480 e. The molecular weight excluding hydrogens is 322 g/mol. The predicted molar refractivity (Wildman–Crippen MR) is 82.7 cm³/mol. The van der Waals surface area contributed by atoms with Crippen LogP contribution in [0.4, 0.5) is 0 Å². The molecule has 4 N–H and O–H groups in total. The summed E-state index contributed by atoms with van der Waals surface area (Å²) in [6.07, 6.45) is 0. The maximum Gasteiger partial charge on any atom is 0.327 e. The van der Waals surface area contributed by atoms with E-state index in [1.165, 1.54) is 6.07 Å². The third kappa shape index (κ3) is 5.80. The van der Waals surface area contributed by atoms with Gasteiger partial charge in [0.15, 0.2) is 6.04 Å². The Morgan fingerprint density at radius 3 is 1.96 bits per heavy atom. The topological polar surface area (TPSA) is 124 Å². The average Bonchev–Trinajstić information content (AvgIpc) is 2.48. The fourth-order valence-electron chi connectivity index (χ4n) is 1.76. The van der Waals surface area contributed by atoms with Gasteiger partial charge in [0.2, 0.25) is 0 Å². The van der Waals surface area contributed by atoms with Crippen LogP contribution in [0.5, 0.6) is 0 Å². The van der Waals surface area contributed by atoms with Crippen molar-refractivity contribution in [1.29, 1.82) is 0 Å². The van der Waals surface area contributed by atoms with Crippen molar-refractivity contribution < 1.29 is 28.1 Å². The summed E-state index contributed by atoms with van der Waals surface area (Å²) in [5.41, 5.74) is 2.79. The van der Waals surface area contributed by atoms with E-state index in [0.29, 0.717) is 11.1 Å². The Labute approximate surface area is 133 Å². The first-order valence-electron chi connectivity index (χ1n) is 6.48. The zero-order valence-corrected chi connectivity index (χ0v) is 13.1. The number of aliphatic carboxylic acids is 1. The van der Waals surface area contributed by atoms with E-state index in [9.17, 15) is 13.2 Å². The summed E-state index contributed by atoms with van der Waals surface area (Å²) in [7, 11) is -4.03. The van der Waals surface area contributed by atoms with Crippen LogP contribution in [-0.2, 0) is 14.9 Å². The normalized spacial score (nSPS) is 12.0. The van der Waals surface area contributed by atoms with Crippen LogP contribution in [0.1, 0.15) is 17.2 Å². The first-order chi connectivity index (χ1) is 10.8. The van der Waals surface area contributed by atoms with Crippen LogP contribution in [0.3, 0.4) is 0 Å². The van der Waals surface area contributed by atoms with Gasteiger partial charge in [-0.1, -0.05) is 48.5 Å². The Kier molecular flexibility index (Phi) is 6.86. The van der Waals surface area contributed by atoms with Gasteiger partial charge in [0, 0.05) is 0 Å². The molecule has 0 aliphatic heterocycles. The van der Waals surface area contributed by atoms with E-state index < -0.39 is 22.1 Å². The lowest BCUT2D eigenvalue weighted by Crippen LogP contribution is -2.25. The van der Waals surface area contributed by atoms with Crippen LogP contribution < -0.4 is 5.48 Å². The van der Waals surface area contributed by atoms with Crippen LogP contribution in [0.25, 0.3) is 0 Å². The SMILES string of the molecule is Cc1ccccc1S(=O)(=O)O.O=C(O)C(NO)c1ccccc1. The molecular formula is C15H17NO6S. The zero-order chi connectivity index (χ0) is 17.5. The number of hydrogen-bond acceptors (Lipinski definition) is 5. The van der Waals surface area contributed by atoms with Gasteiger partial charge in [-0.05, 0) is 24.1 Å². The molecule has 2 aromatic rings. The summed E-state index contributed by atoms with van der Waals surface area (Å²) in [6, 6.07) is 13.7. The average molecular weight is 339 g/mol. The molecule has 0 bridgehead atoms. The summed E-state index contributed by atoms with van der Waals surface area (Å²) in [5, 5.41) is 17.1. The summed E-state index contributed by atoms with van der Waals surface area (Å²) < 4.78 is 29.9. The van der Waals surface area contributed by atoms with E-state index in [0.717, 1.165) is 0 Å². The van der Waals surface area contributed by atoms with Gasteiger partial charge < -0.3 is 10.3 Å². The number of benzene rings is 2. The minimum Gasteiger partial charge on any atom is -0.480 e. The Balaban J connectivity index is 0.000000231. The second-order valence-electron chi connectivity index (χ2n) is 4.55. The molecule has 1 unspecified atom stereocenters. The van der Waals surface area contributed by atoms with Crippen molar-refractivity contribution in [3.63, 3.8) is 0 Å². The van der Waals surface area contributed by atoms with Gasteiger partial charge in [-0.15, -0.1) is 0 Å². The molecule has 0 aromatic heterocycles. The molecule has 124 valence electrons. The standard InChI is InChI=1S/C8H9NO3.C7H8O3S/c10-8(11)7(9-12)6-4-2-1-3-5-6;1-6-4-2-3-5-7(6)11(8,9)10/h1-5,7,9,12H,(H,10,11);2-5H,1H3,(H,8,9,10). The monoisotopic (exact) mass is 339 g/mol. The molecule has 23 heavy (non-hydrogen) atoms. The summed E-state index contributed by atoms with van der Waals surface area (Å²) in [4.78, 5) is 10.5. The van der Waals surface area contributed by atoms with Crippen molar-refractivity contribution >= 4 is 16.1 Å². The Morgan fingerprint density at radius 2 is 1.57 bits per heavy atom. The fourth-order valence-corrected chi connectivity index (χ4v) is 2.49. The number of carboxylic acids is 1. The molecule has 7 nitrogen and oxygen atoms in total. The third-order valence-corrected chi connectivity index (χ3v) is 3.89. The number of hydrogen-bond donors (Lipinski definition) is 4. The van der Waals surface area contributed by atoms with Gasteiger partial charge in [-0.3, -0.25) is 9.35 Å². The Hall–Kier alpha value is -2.26. The van der Waals surface area contributed by atoms with Gasteiger partial charge in [-0.25, -0.2) is 0 Å². The highest BCUT2D eigenvalue weighted by atomic mass is 32.2. The lowest BCUT2D eigenvalue weighted by molar-refractivity contribution is -0.142. The molecule has 0 spiro atoms. The molecule has 0 fully saturated rings. The Bertz CT molecular complexity index is 746. The molecule has 0 aliphatic rings. The smallest absolute Gasteiger partial charge is 0.327 e. The predicted octanol–water partition coefficient (Wildman–Crippen LogP) is 2.03. The number of nitrogens with one attached hydrogen (secondary N) is 1. The minimum atomic E-state index is -4.03. The number of aryl methyl sites for hydroxylation is 1. The van der Waals surface area contributed by atoms with Gasteiger partial charge in [0.25, 0.3) is 10.1 Å². The first-order valence-corrected chi connectivity index (χ1v) is 7.92. The van der Waals surface area contributed by atoms with Crippen molar-refractivity contribution in [2.45, 2.75) is 17.9 Å². The Morgan fingerprint density at radius 1 is 1.04 bits per heavy atom. The second kappa shape index (κ2) is 8.39. The van der Waals surface area contributed by atoms with Gasteiger partial charge in [0.05, 0.1) is 4.90 Å². The first kappa shape index (κ1) is 18.8. The van der Waals surface area contributed by atoms with Crippen molar-refractivity contribution in [2.75, 3.05) is 0 Å².